The summed E-state index contributed by atoms with van der Waals surface area (Å²) in [5, 5.41) is 6.28. The zero-order valence-corrected chi connectivity index (χ0v) is 6.11. The Morgan fingerprint density at radius 1 is 1.11 bits per heavy atom. The fourth-order valence-electron chi connectivity index (χ4n) is 0.884. The molecule has 1 saturated carbocycles. The third kappa shape index (κ3) is 11.2. The number of hydrogen-bond acceptors (Lipinski definition) is 1. The molecule has 1 aliphatic rings. The highest BCUT2D eigenvalue weighted by atomic mass is 14.7. The highest BCUT2D eigenvalue weighted by molar-refractivity contribution is 5.73. The third-order valence-corrected chi connectivity index (χ3v) is 1.25. The van der Waals surface area contributed by atoms with E-state index in [0.717, 1.165) is 0 Å². The van der Waals surface area contributed by atoms with E-state index in [2.05, 4.69) is 0 Å². The van der Waals surface area contributed by atoms with E-state index in [1.165, 1.54) is 39.0 Å². The van der Waals surface area contributed by atoms with Crippen LogP contribution in [0.4, 0.5) is 0 Å². The van der Waals surface area contributed by atoms with Gasteiger partial charge in [-0.2, -0.15) is 0 Å². The molecule has 1 aliphatic carbocycles. The molecule has 0 aromatic heterocycles. The Balaban J connectivity index is 0.000000148. The van der Waals surface area contributed by atoms with Crippen LogP contribution in [0.3, 0.4) is 0 Å². The number of hydrogen-bond donors (Lipinski definition) is 2. The quantitative estimate of drug-likeness (QED) is 0.380. The monoisotopic (exact) mass is 128 g/mol. The molecule has 0 spiro atoms. The molecule has 1 rings (SSSR count). The van der Waals surface area contributed by atoms with Gasteiger partial charge in [0.15, 0.2) is 0 Å². The molecule has 0 aromatic rings. The van der Waals surface area contributed by atoms with Crippen LogP contribution in [0.1, 0.15) is 39.0 Å². The molecule has 0 bridgehead atoms. The summed E-state index contributed by atoms with van der Waals surface area (Å²) in [6.45, 7) is 1.53. The number of rotatable bonds is 0. The third-order valence-electron chi connectivity index (χ3n) is 1.25. The summed E-state index contributed by atoms with van der Waals surface area (Å²) in [5.41, 5.74) is 4.69. The van der Waals surface area contributed by atoms with E-state index < -0.39 is 0 Å². The van der Waals surface area contributed by atoms with Crippen molar-refractivity contribution in [1.29, 1.82) is 5.41 Å². The Labute approximate surface area is 57.0 Å². The Morgan fingerprint density at radius 2 is 1.22 bits per heavy atom. The largest absolute Gasteiger partial charge is 0.388 e. The molecular formula is C7H16N2. The zero-order chi connectivity index (χ0) is 7.11. The zero-order valence-electron chi connectivity index (χ0n) is 6.11. The molecule has 3 N–H and O–H groups in total. The SMILES string of the molecule is C1CCCC1.CC(=N)N. The van der Waals surface area contributed by atoms with E-state index in [1.807, 2.05) is 0 Å². The molecule has 54 valence electrons. The molecule has 0 heterocycles. The van der Waals surface area contributed by atoms with Gasteiger partial charge in [0.2, 0.25) is 0 Å². The van der Waals surface area contributed by atoms with Crippen molar-refractivity contribution in [1.82, 2.24) is 0 Å². The van der Waals surface area contributed by atoms with Gasteiger partial charge in [0.05, 0.1) is 5.84 Å². The molecule has 9 heavy (non-hydrogen) atoms. The van der Waals surface area contributed by atoms with E-state index in [4.69, 9.17) is 11.1 Å². The minimum absolute atomic E-state index is 0.167. The van der Waals surface area contributed by atoms with Crippen molar-refractivity contribution in [2.75, 3.05) is 0 Å². The van der Waals surface area contributed by atoms with Gasteiger partial charge in [0.1, 0.15) is 0 Å². The maximum atomic E-state index is 6.28. The highest BCUT2D eigenvalue weighted by Gasteiger charge is 1.95. The van der Waals surface area contributed by atoms with E-state index >= 15 is 0 Å². The second kappa shape index (κ2) is 5.60. The first kappa shape index (κ1) is 8.47. The summed E-state index contributed by atoms with van der Waals surface area (Å²) in [5.74, 6) is 0.167. The second-order valence-corrected chi connectivity index (χ2v) is 2.45. The van der Waals surface area contributed by atoms with Crippen molar-refractivity contribution in [2.24, 2.45) is 5.73 Å². The first-order chi connectivity index (χ1) is 4.23. The average Bonchev–Trinajstić information content (AvgIpc) is 2.11. The van der Waals surface area contributed by atoms with Crippen LogP contribution in [-0.4, -0.2) is 5.84 Å². The highest BCUT2D eigenvalue weighted by Crippen LogP contribution is 2.15. The number of nitrogens with one attached hydrogen (secondary N) is 1. The maximum absolute atomic E-state index is 6.28. The lowest BCUT2D eigenvalue weighted by molar-refractivity contribution is 0.886. The minimum atomic E-state index is 0.167. The minimum Gasteiger partial charge on any atom is -0.388 e. The summed E-state index contributed by atoms with van der Waals surface area (Å²) in [6, 6.07) is 0. The molecule has 2 heteroatoms. The second-order valence-electron chi connectivity index (χ2n) is 2.45. The van der Waals surface area contributed by atoms with Gasteiger partial charge in [-0.25, -0.2) is 0 Å². The standard InChI is InChI=1S/C5H10.C2H6N2/c1-2-4-5-3-1;1-2(3)4/h1-5H2;1H3,(H3,3,4). The van der Waals surface area contributed by atoms with Gasteiger partial charge >= 0.3 is 0 Å². The van der Waals surface area contributed by atoms with Crippen LogP contribution in [0.15, 0.2) is 0 Å². The van der Waals surface area contributed by atoms with Crippen molar-refractivity contribution in [3.05, 3.63) is 0 Å². The summed E-state index contributed by atoms with van der Waals surface area (Å²) in [7, 11) is 0. The Bertz CT molecular complexity index is 63.4. The predicted octanol–water partition coefficient (Wildman–Crippen LogP) is 1.89. The predicted molar refractivity (Wildman–Crippen MR) is 40.7 cm³/mol. The van der Waals surface area contributed by atoms with Crippen LogP contribution in [0.25, 0.3) is 0 Å². The summed E-state index contributed by atoms with van der Waals surface area (Å²) >= 11 is 0. The van der Waals surface area contributed by atoms with Gasteiger partial charge in [-0.1, -0.05) is 32.1 Å². The van der Waals surface area contributed by atoms with Crippen molar-refractivity contribution in [3.63, 3.8) is 0 Å². The Hall–Kier alpha value is -0.530. The summed E-state index contributed by atoms with van der Waals surface area (Å²) in [4.78, 5) is 0. The Kier molecular flexibility index (Phi) is 5.27. The summed E-state index contributed by atoms with van der Waals surface area (Å²) in [6.07, 6.45) is 7.50. The van der Waals surface area contributed by atoms with Gasteiger partial charge in [0, 0.05) is 0 Å². The molecule has 0 saturated heterocycles. The number of amidine groups is 1. The maximum Gasteiger partial charge on any atom is 0.0873 e. The average molecular weight is 128 g/mol. The van der Waals surface area contributed by atoms with Crippen LogP contribution in [-0.2, 0) is 0 Å². The molecule has 0 amide bonds. The first-order valence-electron chi connectivity index (χ1n) is 3.54. The molecule has 0 aliphatic heterocycles. The van der Waals surface area contributed by atoms with E-state index in [1.54, 1.807) is 0 Å². The lowest BCUT2D eigenvalue weighted by atomic mass is 10.4. The molecule has 0 unspecified atom stereocenters. The molecule has 0 atom stereocenters. The van der Waals surface area contributed by atoms with Crippen LogP contribution < -0.4 is 5.73 Å². The Morgan fingerprint density at radius 3 is 1.33 bits per heavy atom. The summed E-state index contributed by atoms with van der Waals surface area (Å²) < 4.78 is 0. The lowest BCUT2D eigenvalue weighted by Gasteiger charge is -1.67. The van der Waals surface area contributed by atoms with Crippen LogP contribution in [0, 0.1) is 5.41 Å². The van der Waals surface area contributed by atoms with Gasteiger partial charge in [0.25, 0.3) is 0 Å². The van der Waals surface area contributed by atoms with Crippen molar-refractivity contribution >= 4 is 5.84 Å². The fraction of sp³-hybridized carbons (Fsp3) is 0.857. The van der Waals surface area contributed by atoms with Gasteiger partial charge in [-0.05, 0) is 6.92 Å². The van der Waals surface area contributed by atoms with Gasteiger partial charge < -0.3 is 5.73 Å². The normalized spacial score (nSPS) is 16.1. The van der Waals surface area contributed by atoms with E-state index in [0.29, 0.717) is 0 Å². The molecule has 0 radical (unpaired) electrons. The van der Waals surface area contributed by atoms with E-state index in [9.17, 15) is 0 Å². The van der Waals surface area contributed by atoms with Gasteiger partial charge in [-0.3, -0.25) is 5.41 Å². The van der Waals surface area contributed by atoms with Crippen molar-refractivity contribution in [3.8, 4) is 0 Å². The lowest BCUT2D eigenvalue weighted by Crippen LogP contribution is -2.00. The molecule has 1 fully saturated rings. The first-order valence-corrected chi connectivity index (χ1v) is 3.54. The van der Waals surface area contributed by atoms with Crippen molar-refractivity contribution in [2.45, 2.75) is 39.0 Å². The molecule has 0 aromatic carbocycles. The molecule has 2 nitrogen and oxygen atoms in total. The fourth-order valence-corrected chi connectivity index (χ4v) is 0.884. The van der Waals surface area contributed by atoms with Gasteiger partial charge in [-0.15, -0.1) is 0 Å². The topological polar surface area (TPSA) is 49.9 Å². The smallest absolute Gasteiger partial charge is 0.0873 e. The van der Waals surface area contributed by atoms with E-state index in [-0.39, 0.29) is 5.84 Å². The van der Waals surface area contributed by atoms with Crippen LogP contribution >= 0.6 is 0 Å². The number of nitrogens with two attached hydrogens (primary N) is 1. The molecular weight excluding hydrogens is 112 g/mol. The van der Waals surface area contributed by atoms with Crippen LogP contribution in [0.2, 0.25) is 0 Å². The van der Waals surface area contributed by atoms with Crippen LogP contribution in [0.5, 0.6) is 0 Å². The van der Waals surface area contributed by atoms with Crippen molar-refractivity contribution < 1.29 is 0 Å².